The van der Waals surface area contributed by atoms with Crippen LogP contribution in [0.3, 0.4) is 0 Å². The first-order valence-corrected chi connectivity index (χ1v) is 8.65. The summed E-state index contributed by atoms with van der Waals surface area (Å²) in [5, 5.41) is 5.70. The van der Waals surface area contributed by atoms with E-state index < -0.39 is 0 Å². The van der Waals surface area contributed by atoms with Gasteiger partial charge < -0.3 is 10.6 Å². The highest BCUT2D eigenvalue weighted by atomic mass is 16.2. The highest BCUT2D eigenvalue weighted by Gasteiger charge is 2.10. The Labute approximate surface area is 158 Å². The molecule has 0 unspecified atom stereocenters. The zero-order valence-electron chi connectivity index (χ0n) is 15.5. The van der Waals surface area contributed by atoms with E-state index in [0.717, 1.165) is 22.4 Å². The highest BCUT2D eigenvalue weighted by Crippen LogP contribution is 2.26. The van der Waals surface area contributed by atoms with Crippen molar-refractivity contribution in [1.82, 2.24) is 4.98 Å². The number of nitrogens with one attached hydrogen (secondary N) is 2. The van der Waals surface area contributed by atoms with Crippen LogP contribution in [0.2, 0.25) is 0 Å². The second-order valence-electron chi connectivity index (χ2n) is 6.49. The number of benzene rings is 2. The Morgan fingerprint density at radius 1 is 0.889 bits per heavy atom. The van der Waals surface area contributed by atoms with Crippen molar-refractivity contribution in [1.29, 1.82) is 0 Å². The molecule has 0 fully saturated rings. The van der Waals surface area contributed by atoms with Crippen molar-refractivity contribution in [2.24, 2.45) is 0 Å². The molecule has 5 heteroatoms. The Morgan fingerprint density at radius 2 is 1.56 bits per heavy atom. The topological polar surface area (TPSA) is 71.1 Å². The van der Waals surface area contributed by atoms with Gasteiger partial charge >= 0.3 is 0 Å². The van der Waals surface area contributed by atoms with Crippen molar-refractivity contribution < 1.29 is 9.59 Å². The van der Waals surface area contributed by atoms with Crippen LogP contribution in [0.5, 0.6) is 0 Å². The molecule has 5 nitrogen and oxygen atoms in total. The number of hydrogen-bond acceptors (Lipinski definition) is 3. The second-order valence-corrected chi connectivity index (χ2v) is 6.49. The number of hydrogen-bond donors (Lipinski definition) is 2. The fourth-order valence-electron chi connectivity index (χ4n) is 2.96. The third-order valence-electron chi connectivity index (χ3n) is 4.02. The molecule has 0 aliphatic carbocycles. The molecule has 0 saturated heterocycles. The predicted octanol–water partition coefficient (Wildman–Crippen LogP) is 4.58. The van der Waals surface area contributed by atoms with E-state index in [9.17, 15) is 9.59 Å². The summed E-state index contributed by atoms with van der Waals surface area (Å²) >= 11 is 0. The molecule has 136 valence electrons. The SMILES string of the molecule is CC(=O)Nc1cccnc1-c1ccc(C(=O)Nc2cc(C)cc(C)c2)cc1. The molecule has 2 aromatic carbocycles. The van der Waals surface area contributed by atoms with Gasteiger partial charge in [0.05, 0.1) is 11.4 Å². The predicted molar refractivity (Wildman–Crippen MR) is 108 cm³/mol. The van der Waals surface area contributed by atoms with Crippen LogP contribution in [-0.4, -0.2) is 16.8 Å². The molecule has 0 saturated carbocycles. The molecule has 3 rings (SSSR count). The van der Waals surface area contributed by atoms with Crippen LogP contribution in [-0.2, 0) is 4.79 Å². The number of anilines is 2. The Bertz CT molecular complexity index is 974. The van der Waals surface area contributed by atoms with Gasteiger partial charge in [-0.15, -0.1) is 0 Å². The number of rotatable bonds is 4. The number of aromatic nitrogens is 1. The van der Waals surface area contributed by atoms with E-state index in [1.54, 1.807) is 30.5 Å². The van der Waals surface area contributed by atoms with E-state index in [4.69, 9.17) is 0 Å². The molecule has 0 atom stereocenters. The van der Waals surface area contributed by atoms with Crippen molar-refractivity contribution in [2.45, 2.75) is 20.8 Å². The van der Waals surface area contributed by atoms with Gasteiger partial charge in [-0.3, -0.25) is 14.6 Å². The van der Waals surface area contributed by atoms with Gasteiger partial charge in [-0.25, -0.2) is 0 Å². The summed E-state index contributed by atoms with van der Waals surface area (Å²) in [5.41, 5.74) is 5.64. The van der Waals surface area contributed by atoms with Crippen molar-refractivity contribution in [2.75, 3.05) is 10.6 Å². The zero-order valence-corrected chi connectivity index (χ0v) is 15.5. The first kappa shape index (κ1) is 18.3. The van der Waals surface area contributed by atoms with Gasteiger partial charge in [0.15, 0.2) is 0 Å². The van der Waals surface area contributed by atoms with Gasteiger partial charge in [-0.1, -0.05) is 18.2 Å². The van der Waals surface area contributed by atoms with Crippen molar-refractivity contribution in [3.8, 4) is 11.3 Å². The normalized spacial score (nSPS) is 10.3. The third kappa shape index (κ3) is 4.58. The maximum absolute atomic E-state index is 12.5. The van der Waals surface area contributed by atoms with Crippen molar-refractivity contribution in [3.63, 3.8) is 0 Å². The molecule has 2 N–H and O–H groups in total. The first-order chi connectivity index (χ1) is 12.9. The number of amides is 2. The van der Waals surface area contributed by atoms with Gasteiger partial charge in [0.25, 0.3) is 5.91 Å². The van der Waals surface area contributed by atoms with Gasteiger partial charge in [0, 0.05) is 29.9 Å². The molecular formula is C22H21N3O2. The number of nitrogens with zero attached hydrogens (tertiary/aromatic N) is 1. The van der Waals surface area contributed by atoms with Crippen LogP contribution in [0.25, 0.3) is 11.3 Å². The summed E-state index contributed by atoms with van der Waals surface area (Å²) in [4.78, 5) is 28.2. The van der Waals surface area contributed by atoms with Crippen LogP contribution < -0.4 is 10.6 Å². The summed E-state index contributed by atoms with van der Waals surface area (Å²) in [6.45, 7) is 5.45. The van der Waals surface area contributed by atoms with Crippen molar-refractivity contribution in [3.05, 3.63) is 77.5 Å². The fourth-order valence-corrected chi connectivity index (χ4v) is 2.96. The Morgan fingerprint density at radius 3 is 2.19 bits per heavy atom. The second kappa shape index (κ2) is 7.83. The largest absolute Gasteiger partial charge is 0.324 e. The van der Waals surface area contributed by atoms with Gasteiger partial charge in [-0.2, -0.15) is 0 Å². The lowest BCUT2D eigenvalue weighted by Crippen LogP contribution is -2.12. The third-order valence-corrected chi connectivity index (χ3v) is 4.02. The van der Waals surface area contributed by atoms with E-state index in [1.165, 1.54) is 6.92 Å². The Kier molecular flexibility index (Phi) is 5.31. The average molecular weight is 359 g/mol. The standard InChI is InChI=1S/C22H21N3O2/c1-14-11-15(2)13-19(12-14)25-22(27)18-8-6-17(7-9-18)21-20(24-16(3)26)5-4-10-23-21/h4-13H,1-3H3,(H,24,26)(H,25,27). The maximum atomic E-state index is 12.5. The first-order valence-electron chi connectivity index (χ1n) is 8.65. The fraction of sp³-hybridized carbons (Fsp3) is 0.136. The minimum Gasteiger partial charge on any atom is -0.324 e. The Balaban J connectivity index is 1.81. The summed E-state index contributed by atoms with van der Waals surface area (Å²) in [7, 11) is 0. The molecule has 27 heavy (non-hydrogen) atoms. The van der Waals surface area contributed by atoms with Crippen LogP contribution in [0.15, 0.2) is 60.8 Å². The molecule has 1 aromatic heterocycles. The van der Waals surface area contributed by atoms with E-state index in [0.29, 0.717) is 16.9 Å². The van der Waals surface area contributed by atoms with E-state index in [2.05, 4.69) is 21.7 Å². The molecule has 0 aliphatic heterocycles. The molecule has 0 bridgehead atoms. The smallest absolute Gasteiger partial charge is 0.255 e. The van der Waals surface area contributed by atoms with Crippen LogP contribution >= 0.6 is 0 Å². The lowest BCUT2D eigenvalue weighted by atomic mass is 10.1. The maximum Gasteiger partial charge on any atom is 0.255 e. The number of carbonyl (C=O) groups is 2. The lowest BCUT2D eigenvalue weighted by molar-refractivity contribution is -0.114. The Hall–Kier alpha value is -3.47. The molecule has 0 spiro atoms. The minimum absolute atomic E-state index is 0.159. The van der Waals surface area contributed by atoms with Crippen molar-refractivity contribution >= 4 is 23.2 Å². The van der Waals surface area contributed by atoms with Gasteiger partial charge in [0.2, 0.25) is 5.91 Å². The molecule has 2 amide bonds. The summed E-state index contributed by atoms with van der Waals surface area (Å²) in [5.74, 6) is -0.330. The summed E-state index contributed by atoms with van der Waals surface area (Å²) in [6.07, 6.45) is 1.67. The molecule has 1 heterocycles. The lowest BCUT2D eigenvalue weighted by Gasteiger charge is -2.10. The number of carbonyl (C=O) groups excluding carboxylic acids is 2. The summed E-state index contributed by atoms with van der Waals surface area (Å²) < 4.78 is 0. The van der Waals surface area contributed by atoms with Crippen LogP contribution in [0, 0.1) is 13.8 Å². The van der Waals surface area contributed by atoms with Crippen LogP contribution in [0.4, 0.5) is 11.4 Å². The quantitative estimate of drug-likeness (QED) is 0.716. The minimum atomic E-state index is -0.172. The van der Waals surface area contributed by atoms with Gasteiger partial charge in [-0.05, 0) is 61.4 Å². The average Bonchev–Trinajstić information content (AvgIpc) is 2.61. The van der Waals surface area contributed by atoms with Gasteiger partial charge in [0.1, 0.15) is 0 Å². The molecular weight excluding hydrogens is 338 g/mol. The monoisotopic (exact) mass is 359 g/mol. The van der Waals surface area contributed by atoms with Crippen LogP contribution in [0.1, 0.15) is 28.4 Å². The van der Waals surface area contributed by atoms with E-state index in [1.807, 2.05) is 38.1 Å². The number of aryl methyl sites for hydroxylation is 2. The number of pyridine rings is 1. The highest BCUT2D eigenvalue weighted by molar-refractivity contribution is 6.04. The van der Waals surface area contributed by atoms with E-state index in [-0.39, 0.29) is 11.8 Å². The molecule has 0 aliphatic rings. The summed E-state index contributed by atoms with van der Waals surface area (Å²) in [6, 6.07) is 16.6. The van der Waals surface area contributed by atoms with E-state index >= 15 is 0 Å². The zero-order chi connectivity index (χ0) is 19.4. The molecule has 0 radical (unpaired) electrons. The molecule has 3 aromatic rings.